The maximum absolute atomic E-state index is 12.8. The van der Waals surface area contributed by atoms with Gasteiger partial charge in [-0.1, -0.05) is 30.3 Å². The summed E-state index contributed by atoms with van der Waals surface area (Å²) in [4.78, 5) is 29.1. The Bertz CT molecular complexity index is 816. The average molecular weight is 342 g/mol. The molecule has 0 spiro atoms. The summed E-state index contributed by atoms with van der Waals surface area (Å²) in [5.74, 6) is -0.427. The second-order valence-electron chi connectivity index (χ2n) is 6.31. The maximum atomic E-state index is 12.8. The molecule has 6 nitrogen and oxygen atoms in total. The second kappa shape index (κ2) is 7.19. The molecule has 0 fully saturated rings. The van der Waals surface area contributed by atoms with Crippen LogP contribution < -0.4 is 5.56 Å². The zero-order chi connectivity index (χ0) is 18.0. The summed E-state index contributed by atoms with van der Waals surface area (Å²) in [6, 6.07) is 9.27. The van der Waals surface area contributed by atoms with Crippen molar-refractivity contribution >= 4 is 5.97 Å². The average Bonchev–Trinajstić information content (AvgIpc) is 2.62. The zero-order valence-electron chi connectivity index (χ0n) is 14.4. The van der Waals surface area contributed by atoms with Gasteiger partial charge in [0, 0.05) is 18.2 Å². The van der Waals surface area contributed by atoms with Gasteiger partial charge >= 0.3 is 5.97 Å². The number of rotatable bonds is 4. The predicted octanol–water partition coefficient (Wildman–Crippen LogP) is 2.59. The summed E-state index contributed by atoms with van der Waals surface area (Å²) < 4.78 is 6.47. The van der Waals surface area contributed by atoms with Crippen LogP contribution in [0.1, 0.15) is 66.5 Å². The van der Waals surface area contributed by atoms with Crippen LogP contribution in [0.3, 0.4) is 0 Å². The molecule has 3 rings (SSSR count). The van der Waals surface area contributed by atoms with Crippen LogP contribution in [-0.4, -0.2) is 27.2 Å². The van der Waals surface area contributed by atoms with Crippen molar-refractivity contribution in [3.63, 3.8) is 0 Å². The maximum Gasteiger partial charge on any atom is 0.345 e. The van der Waals surface area contributed by atoms with E-state index in [4.69, 9.17) is 4.74 Å². The van der Waals surface area contributed by atoms with E-state index in [0.29, 0.717) is 5.82 Å². The third-order valence-electron chi connectivity index (χ3n) is 4.71. The number of hydrogen-bond donors (Lipinski definition) is 1. The topological polar surface area (TPSA) is 81.4 Å². The summed E-state index contributed by atoms with van der Waals surface area (Å²) in [6.45, 7) is 3.81. The fraction of sp³-hybridized carbons (Fsp3) is 0.421. The summed E-state index contributed by atoms with van der Waals surface area (Å²) in [5.41, 5.74) is 0.325. The van der Waals surface area contributed by atoms with Gasteiger partial charge in [-0.05, 0) is 32.3 Å². The van der Waals surface area contributed by atoms with Crippen LogP contribution in [0, 0.1) is 0 Å². The minimum atomic E-state index is -0.750. The van der Waals surface area contributed by atoms with Crippen LogP contribution >= 0.6 is 0 Å². The highest BCUT2D eigenvalue weighted by Crippen LogP contribution is 2.39. The van der Waals surface area contributed by atoms with Gasteiger partial charge in [0.2, 0.25) is 0 Å². The Morgan fingerprint density at radius 2 is 2.08 bits per heavy atom. The molecule has 0 amide bonds. The van der Waals surface area contributed by atoms with Crippen LogP contribution in [-0.2, 0) is 4.74 Å². The van der Waals surface area contributed by atoms with E-state index in [-0.39, 0.29) is 24.1 Å². The Morgan fingerprint density at radius 3 is 2.76 bits per heavy atom. The van der Waals surface area contributed by atoms with E-state index in [1.807, 2.05) is 37.3 Å². The van der Waals surface area contributed by atoms with E-state index >= 15 is 0 Å². The minimum absolute atomic E-state index is 0.0627. The molecule has 3 atom stereocenters. The molecular weight excluding hydrogens is 320 g/mol. The lowest BCUT2D eigenvalue weighted by molar-refractivity contribution is 0.0521. The molecule has 1 aliphatic rings. The first-order valence-electron chi connectivity index (χ1n) is 8.56. The Labute approximate surface area is 146 Å². The number of esters is 1. The highest BCUT2D eigenvalue weighted by molar-refractivity contribution is 5.88. The van der Waals surface area contributed by atoms with Crippen molar-refractivity contribution in [1.29, 1.82) is 0 Å². The highest BCUT2D eigenvalue weighted by Gasteiger charge is 2.34. The van der Waals surface area contributed by atoms with E-state index in [1.54, 1.807) is 6.92 Å². The first kappa shape index (κ1) is 17.4. The van der Waals surface area contributed by atoms with Crippen LogP contribution in [0.25, 0.3) is 0 Å². The number of ether oxygens (including phenoxy) is 1. The number of carbonyl (C=O) groups is 1. The van der Waals surface area contributed by atoms with Gasteiger partial charge in [-0.15, -0.1) is 0 Å². The molecule has 1 aliphatic heterocycles. The fourth-order valence-corrected chi connectivity index (χ4v) is 3.39. The van der Waals surface area contributed by atoms with E-state index in [2.05, 4.69) is 4.98 Å². The van der Waals surface area contributed by atoms with E-state index in [9.17, 15) is 14.7 Å². The number of fused-ring (bicyclic) bond motifs is 1. The highest BCUT2D eigenvalue weighted by atomic mass is 16.5. The third kappa shape index (κ3) is 3.22. The summed E-state index contributed by atoms with van der Waals surface area (Å²) in [6.07, 6.45) is 1.98. The van der Waals surface area contributed by atoms with Gasteiger partial charge in [-0.2, -0.15) is 0 Å². The monoisotopic (exact) mass is 342 g/mol. The number of benzene rings is 1. The molecule has 1 N–H and O–H groups in total. The molecule has 0 saturated carbocycles. The first-order chi connectivity index (χ1) is 12.0. The Hall–Kier alpha value is -2.47. The Balaban J connectivity index is 2.04. The SMILES string of the molecule is CCOC(=O)c1cnc2n(c1=O)[C@@H](C)CC[C@H]2[C@H](O)c1ccccc1. The predicted molar refractivity (Wildman–Crippen MR) is 92.5 cm³/mol. The van der Waals surface area contributed by atoms with Gasteiger partial charge < -0.3 is 9.84 Å². The fourth-order valence-electron chi connectivity index (χ4n) is 3.39. The number of nitrogens with zero attached hydrogens (tertiary/aromatic N) is 2. The van der Waals surface area contributed by atoms with Crippen molar-refractivity contribution in [2.24, 2.45) is 0 Å². The molecule has 0 unspecified atom stereocenters. The summed E-state index contributed by atoms with van der Waals surface area (Å²) in [5, 5.41) is 10.8. The van der Waals surface area contributed by atoms with E-state index < -0.39 is 17.6 Å². The molecule has 2 heterocycles. The van der Waals surface area contributed by atoms with Gasteiger partial charge in [0.1, 0.15) is 11.4 Å². The van der Waals surface area contributed by atoms with Crippen LogP contribution in [0.5, 0.6) is 0 Å². The minimum Gasteiger partial charge on any atom is -0.462 e. The lowest BCUT2D eigenvalue weighted by atomic mass is 9.86. The van der Waals surface area contributed by atoms with Gasteiger partial charge in [-0.25, -0.2) is 9.78 Å². The number of aliphatic hydroxyl groups excluding tert-OH is 1. The number of carbonyl (C=O) groups excluding carboxylic acids is 1. The lowest BCUT2D eigenvalue weighted by Crippen LogP contribution is -2.37. The van der Waals surface area contributed by atoms with Crippen molar-refractivity contribution in [1.82, 2.24) is 9.55 Å². The molecule has 0 radical (unpaired) electrons. The number of aliphatic hydroxyl groups is 1. The van der Waals surface area contributed by atoms with Crippen molar-refractivity contribution in [3.8, 4) is 0 Å². The molecule has 0 saturated heterocycles. The molecule has 2 aromatic rings. The largest absolute Gasteiger partial charge is 0.462 e. The third-order valence-corrected chi connectivity index (χ3v) is 4.71. The van der Waals surface area contributed by atoms with E-state index in [0.717, 1.165) is 18.4 Å². The summed E-state index contributed by atoms with van der Waals surface area (Å²) in [7, 11) is 0. The van der Waals surface area contributed by atoms with Crippen molar-refractivity contribution in [2.45, 2.75) is 44.8 Å². The van der Waals surface area contributed by atoms with Crippen molar-refractivity contribution < 1.29 is 14.6 Å². The molecule has 0 bridgehead atoms. The molecule has 1 aromatic heterocycles. The van der Waals surface area contributed by atoms with Crippen LogP contribution in [0.15, 0.2) is 41.3 Å². The lowest BCUT2D eigenvalue weighted by Gasteiger charge is -2.33. The van der Waals surface area contributed by atoms with Gasteiger partial charge in [0.05, 0.1) is 12.7 Å². The number of hydrogen-bond acceptors (Lipinski definition) is 5. The van der Waals surface area contributed by atoms with Crippen molar-refractivity contribution in [2.75, 3.05) is 6.61 Å². The molecular formula is C19H22N2O4. The van der Waals surface area contributed by atoms with Crippen molar-refractivity contribution in [3.05, 3.63) is 63.8 Å². The van der Waals surface area contributed by atoms with Crippen LogP contribution in [0.2, 0.25) is 0 Å². The smallest absolute Gasteiger partial charge is 0.345 e. The molecule has 25 heavy (non-hydrogen) atoms. The molecule has 132 valence electrons. The van der Waals surface area contributed by atoms with Crippen LogP contribution in [0.4, 0.5) is 0 Å². The Kier molecular flexibility index (Phi) is 4.99. The first-order valence-corrected chi connectivity index (χ1v) is 8.56. The van der Waals surface area contributed by atoms with Gasteiger partial charge in [0.25, 0.3) is 5.56 Å². The molecule has 6 heteroatoms. The summed E-state index contributed by atoms with van der Waals surface area (Å²) >= 11 is 0. The normalized spacial score (nSPS) is 20.6. The second-order valence-corrected chi connectivity index (χ2v) is 6.31. The Morgan fingerprint density at radius 1 is 1.36 bits per heavy atom. The zero-order valence-corrected chi connectivity index (χ0v) is 14.4. The molecule has 1 aromatic carbocycles. The standard InChI is InChI=1S/C19H22N2O4/c1-3-25-19(24)15-11-20-17-14(10-9-12(2)21(17)18(15)23)16(22)13-7-5-4-6-8-13/h4-8,11-12,14,16,22H,3,9-10H2,1-2H3/t12-,14-,16+/m0/s1. The van der Waals surface area contributed by atoms with Gasteiger partial charge in [0.15, 0.2) is 0 Å². The number of aromatic nitrogens is 2. The quantitative estimate of drug-likeness (QED) is 0.864. The van der Waals surface area contributed by atoms with Gasteiger partial charge in [-0.3, -0.25) is 9.36 Å². The van der Waals surface area contributed by atoms with E-state index in [1.165, 1.54) is 10.8 Å². The molecule has 0 aliphatic carbocycles.